The molecule has 0 fully saturated rings. The summed E-state index contributed by atoms with van der Waals surface area (Å²) >= 11 is 3.48. The molecule has 0 spiro atoms. The van der Waals surface area contributed by atoms with Crippen molar-refractivity contribution in [1.29, 1.82) is 0 Å². The van der Waals surface area contributed by atoms with Gasteiger partial charge in [0.25, 0.3) is 5.91 Å². The average molecular weight is 288 g/mol. The highest BCUT2D eigenvalue weighted by Crippen LogP contribution is 2.06. The summed E-state index contributed by atoms with van der Waals surface area (Å²) in [6.45, 7) is 4.66. The van der Waals surface area contributed by atoms with Crippen LogP contribution in [0.2, 0.25) is 0 Å². The average Bonchev–Trinajstić information content (AvgIpc) is 2.52. The lowest BCUT2D eigenvalue weighted by Gasteiger charge is -2.05. The van der Waals surface area contributed by atoms with E-state index in [2.05, 4.69) is 33.3 Å². The molecule has 0 bridgehead atoms. The Morgan fingerprint density at radius 2 is 2.38 bits per heavy atom. The van der Waals surface area contributed by atoms with Gasteiger partial charge in [-0.2, -0.15) is 5.10 Å². The monoisotopic (exact) mass is 287 g/mol. The molecule has 1 amide bonds. The van der Waals surface area contributed by atoms with E-state index in [0.717, 1.165) is 18.5 Å². The van der Waals surface area contributed by atoms with Crippen LogP contribution < -0.4 is 5.32 Å². The molecule has 16 heavy (non-hydrogen) atoms. The lowest BCUT2D eigenvalue weighted by molar-refractivity contribution is 0.0952. The normalized spacial score (nSPS) is 12.5. The summed E-state index contributed by atoms with van der Waals surface area (Å²) in [7, 11) is 1.82. The molecule has 1 unspecified atom stereocenters. The standard InChI is InChI=1S/C11H18BrN3O/c1-8(12)5-4-6-13-11(16)10-7-15(3)14-9(10)2/h7-8H,4-6H2,1-3H3,(H,13,16). The number of aromatic nitrogens is 2. The van der Waals surface area contributed by atoms with Gasteiger partial charge in [-0.1, -0.05) is 22.9 Å². The first-order valence-electron chi connectivity index (χ1n) is 5.43. The molecule has 1 aromatic heterocycles. The van der Waals surface area contributed by atoms with Gasteiger partial charge in [0.05, 0.1) is 11.3 Å². The van der Waals surface area contributed by atoms with E-state index in [-0.39, 0.29) is 5.91 Å². The smallest absolute Gasteiger partial charge is 0.254 e. The van der Waals surface area contributed by atoms with Crippen molar-refractivity contribution in [2.75, 3.05) is 6.54 Å². The van der Waals surface area contributed by atoms with E-state index in [1.54, 1.807) is 10.9 Å². The number of aryl methyl sites for hydroxylation is 2. The fraction of sp³-hybridized carbons (Fsp3) is 0.636. The molecule has 0 aliphatic rings. The molecular weight excluding hydrogens is 270 g/mol. The van der Waals surface area contributed by atoms with Crippen molar-refractivity contribution in [3.05, 3.63) is 17.5 Å². The molecule has 0 radical (unpaired) electrons. The topological polar surface area (TPSA) is 46.9 Å². The van der Waals surface area contributed by atoms with Gasteiger partial charge in [0.1, 0.15) is 0 Å². The van der Waals surface area contributed by atoms with E-state index >= 15 is 0 Å². The SMILES string of the molecule is Cc1nn(C)cc1C(=O)NCCCC(C)Br. The van der Waals surface area contributed by atoms with Gasteiger partial charge >= 0.3 is 0 Å². The van der Waals surface area contributed by atoms with Crippen LogP contribution >= 0.6 is 15.9 Å². The highest BCUT2D eigenvalue weighted by molar-refractivity contribution is 9.09. The maximum absolute atomic E-state index is 11.7. The van der Waals surface area contributed by atoms with Crippen molar-refractivity contribution in [2.45, 2.75) is 31.5 Å². The molecule has 5 heteroatoms. The largest absolute Gasteiger partial charge is 0.352 e. The quantitative estimate of drug-likeness (QED) is 0.665. The van der Waals surface area contributed by atoms with E-state index in [1.807, 2.05) is 14.0 Å². The number of carbonyl (C=O) groups excluding carboxylic acids is 1. The molecule has 0 saturated heterocycles. The predicted molar refractivity (Wildman–Crippen MR) is 67.9 cm³/mol. The van der Waals surface area contributed by atoms with Gasteiger partial charge in [-0.15, -0.1) is 0 Å². The zero-order valence-corrected chi connectivity index (χ0v) is 11.5. The first-order chi connectivity index (χ1) is 7.50. The molecule has 1 aromatic rings. The van der Waals surface area contributed by atoms with Gasteiger partial charge in [0.2, 0.25) is 0 Å². The Kier molecular flexibility index (Phi) is 4.99. The van der Waals surface area contributed by atoms with Gasteiger partial charge in [-0.3, -0.25) is 9.48 Å². The van der Waals surface area contributed by atoms with Crippen LogP contribution in [0.5, 0.6) is 0 Å². The zero-order valence-electron chi connectivity index (χ0n) is 9.96. The Bertz CT molecular complexity index is 360. The third kappa shape index (κ3) is 3.96. The summed E-state index contributed by atoms with van der Waals surface area (Å²) in [5, 5.41) is 7.03. The summed E-state index contributed by atoms with van der Waals surface area (Å²) in [6, 6.07) is 0. The van der Waals surface area contributed by atoms with Crippen LogP contribution in [0.1, 0.15) is 35.8 Å². The third-order valence-corrected chi connectivity index (χ3v) is 2.78. The summed E-state index contributed by atoms with van der Waals surface area (Å²) in [5.74, 6) is -0.0344. The van der Waals surface area contributed by atoms with Gasteiger partial charge < -0.3 is 5.32 Å². The van der Waals surface area contributed by atoms with Crippen LogP contribution in [0.25, 0.3) is 0 Å². The Labute approximate surface area is 105 Å². The maximum atomic E-state index is 11.7. The number of nitrogens with zero attached hydrogens (tertiary/aromatic N) is 2. The lowest BCUT2D eigenvalue weighted by Crippen LogP contribution is -2.25. The number of carbonyl (C=O) groups is 1. The molecule has 1 N–H and O–H groups in total. The van der Waals surface area contributed by atoms with Crippen molar-refractivity contribution >= 4 is 21.8 Å². The molecular formula is C11H18BrN3O. The third-order valence-electron chi connectivity index (χ3n) is 2.32. The summed E-state index contributed by atoms with van der Waals surface area (Å²) in [6.07, 6.45) is 3.79. The molecule has 0 aliphatic heterocycles. The van der Waals surface area contributed by atoms with E-state index in [4.69, 9.17) is 0 Å². The number of alkyl halides is 1. The molecule has 1 heterocycles. The van der Waals surface area contributed by atoms with Gasteiger partial charge in [-0.25, -0.2) is 0 Å². The minimum absolute atomic E-state index is 0.0344. The van der Waals surface area contributed by atoms with Crippen molar-refractivity contribution in [3.63, 3.8) is 0 Å². The molecule has 0 aliphatic carbocycles. The minimum Gasteiger partial charge on any atom is -0.352 e. The van der Waals surface area contributed by atoms with Crippen LogP contribution in [0.15, 0.2) is 6.20 Å². The second-order valence-electron chi connectivity index (χ2n) is 3.98. The van der Waals surface area contributed by atoms with Crippen molar-refractivity contribution in [3.8, 4) is 0 Å². The Morgan fingerprint density at radius 1 is 1.69 bits per heavy atom. The van der Waals surface area contributed by atoms with Crippen LogP contribution in [0.4, 0.5) is 0 Å². The summed E-state index contributed by atoms with van der Waals surface area (Å²) in [4.78, 5) is 12.3. The number of hydrogen-bond acceptors (Lipinski definition) is 2. The number of amides is 1. The minimum atomic E-state index is -0.0344. The summed E-state index contributed by atoms with van der Waals surface area (Å²) < 4.78 is 1.66. The Hall–Kier alpha value is -0.840. The van der Waals surface area contributed by atoms with Crippen molar-refractivity contribution in [1.82, 2.24) is 15.1 Å². The van der Waals surface area contributed by atoms with Gasteiger partial charge in [-0.05, 0) is 19.8 Å². The number of nitrogens with one attached hydrogen (secondary N) is 1. The van der Waals surface area contributed by atoms with E-state index in [0.29, 0.717) is 16.9 Å². The fourth-order valence-corrected chi connectivity index (χ4v) is 1.83. The predicted octanol–water partition coefficient (Wildman–Crippen LogP) is 2.02. The molecule has 0 saturated carbocycles. The highest BCUT2D eigenvalue weighted by Gasteiger charge is 2.11. The molecule has 0 aromatic carbocycles. The lowest BCUT2D eigenvalue weighted by atomic mass is 10.2. The van der Waals surface area contributed by atoms with Crippen LogP contribution in [0.3, 0.4) is 0 Å². The maximum Gasteiger partial charge on any atom is 0.254 e. The van der Waals surface area contributed by atoms with E-state index in [1.165, 1.54) is 0 Å². The number of hydrogen-bond donors (Lipinski definition) is 1. The van der Waals surface area contributed by atoms with Crippen LogP contribution in [0, 0.1) is 6.92 Å². The van der Waals surface area contributed by atoms with Gasteiger partial charge in [0.15, 0.2) is 0 Å². The Morgan fingerprint density at radius 3 is 2.88 bits per heavy atom. The fourth-order valence-electron chi connectivity index (χ4n) is 1.50. The Balaban J connectivity index is 2.38. The zero-order chi connectivity index (χ0) is 12.1. The number of rotatable bonds is 5. The van der Waals surface area contributed by atoms with Gasteiger partial charge in [0, 0.05) is 24.6 Å². The summed E-state index contributed by atoms with van der Waals surface area (Å²) in [5.41, 5.74) is 1.43. The van der Waals surface area contributed by atoms with E-state index in [9.17, 15) is 4.79 Å². The molecule has 90 valence electrons. The molecule has 4 nitrogen and oxygen atoms in total. The van der Waals surface area contributed by atoms with Crippen LogP contribution in [-0.2, 0) is 7.05 Å². The second-order valence-corrected chi connectivity index (χ2v) is 5.54. The molecule has 1 rings (SSSR count). The number of halogens is 1. The highest BCUT2D eigenvalue weighted by atomic mass is 79.9. The first-order valence-corrected chi connectivity index (χ1v) is 6.34. The van der Waals surface area contributed by atoms with E-state index < -0.39 is 0 Å². The van der Waals surface area contributed by atoms with Crippen molar-refractivity contribution < 1.29 is 4.79 Å². The molecule has 1 atom stereocenters. The van der Waals surface area contributed by atoms with Crippen LogP contribution in [-0.4, -0.2) is 27.1 Å². The second kappa shape index (κ2) is 6.03. The first kappa shape index (κ1) is 13.2. The van der Waals surface area contributed by atoms with Crippen molar-refractivity contribution in [2.24, 2.45) is 7.05 Å².